The highest BCUT2D eigenvalue weighted by Gasteiger charge is 2.23. The number of aromatic nitrogens is 1. The molecule has 0 saturated carbocycles. The van der Waals surface area contributed by atoms with Gasteiger partial charge in [0, 0.05) is 38.9 Å². The second-order valence-corrected chi connectivity index (χ2v) is 6.90. The predicted octanol–water partition coefficient (Wildman–Crippen LogP) is 0.998. The molecular weight excluding hydrogens is 332 g/mol. The molecule has 0 spiro atoms. The minimum Gasteiger partial charge on any atom is -0.462 e. The molecule has 1 amide bonds. The van der Waals surface area contributed by atoms with Gasteiger partial charge in [0.1, 0.15) is 0 Å². The molecule has 0 aromatic carbocycles. The number of carbonyl (C=O) groups is 2. The van der Waals surface area contributed by atoms with Crippen LogP contribution in [0.2, 0.25) is 0 Å². The van der Waals surface area contributed by atoms with Crippen LogP contribution in [-0.2, 0) is 16.1 Å². The maximum atomic E-state index is 12.6. The Morgan fingerprint density at radius 3 is 2.65 bits per heavy atom. The Kier molecular flexibility index (Phi) is 6.57. The minimum absolute atomic E-state index is 0.185. The van der Waals surface area contributed by atoms with Crippen LogP contribution < -0.4 is 0 Å². The summed E-state index contributed by atoms with van der Waals surface area (Å²) in [6, 6.07) is 3.42. The van der Waals surface area contributed by atoms with Crippen LogP contribution in [0.3, 0.4) is 0 Å². The first-order valence-electron chi connectivity index (χ1n) is 9.50. The maximum Gasteiger partial charge on any atom is 0.338 e. The Labute approximate surface area is 154 Å². The second-order valence-electron chi connectivity index (χ2n) is 6.90. The molecule has 3 heterocycles. The summed E-state index contributed by atoms with van der Waals surface area (Å²) in [5.41, 5.74) is 1.30. The minimum atomic E-state index is -0.333. The first-order valence-corrected chi connectivity index (χ1v) is 9.50. The van der Waals surface area contributed by atoms with E-state index in [2.05, 4.69) is 14.8 Å². The molecule has 1 aromatic rings. The SMILES string of the molecule is CCOC(=O)c1ccnc(CN2CCCN(CCN3CCC3)C(=O)C2)c1. The van der Waals surface area contributed by atoms with Crippen molar-refractivity contribution in [2.45, 2.75) is 26.3 Å². The van der Waals surface area contributed by atoms with Gasteiger partial charge in [-0.25, -0.2) is 4.79 Å². The Morgan fingerprint density at radius 1 is 1.15 bits per heavy atom. The highest BCUT2D eigenvalue weighted by Crippen LogP contribution is 2.12. The third-order valence-corrected chi connectivity index (χ3v) is 4.96. The fraction of sp³-hybridized carbons (Fsp3) is 0.632. The molecule has 0 bridgehead atoms. The first-order chi connectivity index (χ1) is 12.7. The summed E-state index contributed by atoms with van der Waals surface area (Å²) in [5, 5.41) is 0. The maximum absolute atomic E-state index is 12.6. The van der Waals surface area contributed by atoms with Crippen molar-refractivity contribution < 1.29 is 14.3 Å². The van der Waals surface area contributed by atoms with Gasteiger partial charge in [0.05, 0.1) is 24.4 Å². The molecule has 3 rings (SSSR count). The van der Waals surface area contributed by atoms with Crippen LogP contribution >= 0.6 is 0 Å². The van der Waals surface area contributed by atoms with Gasteiger partial charge in [0.25, 0.3) is 0 Å². The van der Waals surface area contributed by atoms with Crippen LogP contribution in [0.4, 0.5) is 0 Å². The molecule has 1 aromatic heterocycles. The Balaban J connectivity index is 1.54. The van der Waals surface area contributed by atoms with E-state index < -0.39 is 0 Å². The lowest BCUT2D eigenvalue weighted by Gasteiger charge is -2.33. The Morgan fingerprint density at radius 2 is 1.92 bits per heavy atom. The molecule has 2 aliphatic heterocycles. The summed E-state index contributed by atoms with van der Waals surface area (Å²) in [6.45, 7) is 8.92. The molecule has 0 aliphatic carbocycles. The van der Waals surface area contributed by atoms with Crippen molar-refractivity contribution in [1.82, 2.24) is 19.7 Å². The van der Waals surface area contributed by atoms with Gasteiger partial charge in [-0.3, -0.25) is 14.7 Å². The van der Waals surface area contributed by atoms with E-state index in [0.717, 1.165) is 51.4 Å². The highest BCUT2D eigenvalue weighted by molar-refractivity contribution is 5.89. The smallest absolute Gasteiger partial charge is 0.338 e. The number of rotatable bonds is 7. The van der Waals surface area contributed by atoms with Gasteiger partial charge < -0.3 is 14.5 Å². The molecule has 2 fully saturated rings. The van der Waals surface area contributed by atoms with Crippen LogP contribution in [0, 0.1) is 0 Å². The lowest BCUT2D eigenvalue weighted by molar-refractivity contribution is -0.131. The van der Waals surface area contributed by atoms with E-state index in [9.17, 15) is 9.59 Å². The van der Waals surface area contributed by atoms with Crippen molar-refractivity contribution >= 4 is 11.9 Å². The molecule has 2 aliphatic rings. The average molecular weight is 360 g/mol. The van der Waals surface area contributed by atoms with Gasteiger partial charge in [0.2, 0.25) is 5.91 Å². The molecule has 7 nitrogen and oxygen atoms in total. The highest BCUT2D eigenvalue weighted by atomic mass is 16.5. The zero-order valence-electron chi connectivity index (χ0n) is 15.5. The van der Waals surface area contributed by atoms with Crippen molar-refractivity contribution in [2.24, 2.45) is 0 Å². The van der Waals surface area contributed by atoms with Crippen LogP contribution in [-0.4, -0.2) is 84.0 Å². The number of ether oxygens (including phenoxy) is 1. The molecule has 7 heteroatoms. The first kappa shape index (κ1) is 18.8. The predicted molar refractivity (Wildman–Crippen MR) is 97.7 cm³/mol. The van der Waals surface area contributed by atoms with Crippen molar-refractivity contribution in [3.63, 3.8) is 0 Å². The van der Waals surface area contributed by atoms with E-state index in [-0.39, 0.29) is 11.9 Å². The van der Waals surface area contributed by atoms with Gasteiger partial charge in [-0.2, -0.15) is 0 Å². The van der Waals surface area contributed by atoms with Gasteiger partial charge in [-0.15, -0.1) is 0 Å². The van der Waals surface area contributed by atoms with Crippen molar-refractivity contribution in [3.8, 4) is 0 Å². The number of nitrogens with zero attached hydrogens (tertiary/aromatic N) is 4. The molecule has 0 radical (unpaired) electrons. The zero-order valence-corrected chi connectivity index (χ0v) is 15.5. The second kappa shape index (κ2) is 9.09. The number of likely N-dealkylation sites (tertiary alicyclic amines) is 1. The summed E-state index contributed by atoms with van der Waals surface area (Å²) < 4.78 is 5.04. The molecular formula is C19H28N4O3. The van der Waals surface area contributed by atoms with Crippen molar-refractivity contribution in [1.29, 1.82) is 0 Å². The number of hydrogen-bond donors (Lipinski definition) is 0. The number of carbonyl (C=O) groups excluding carboxylic acids is 2. The van der Waals surface area contributed by atoms with Crippen LogP contribution in [0.1, 0.15) is 35.8 Å². The Bertz CT molecular complexity index is 633. The van der Waals surface area contributed by atoms with Crippen molar-refractivity contribution in [3.05, 3.63) is 29.6 Å². The largest absolute Gasteiger partial charge is 0.462 e. The lowest BCUT2D eigenvalue weighted by Crippen LogP contribution is -2.45. The third kappa shape index (κ3) is 5.02. The molecule has 0 atom stereocenters. The van der Waals surface area contributed by atoms with E-state index in [1.165, 1.54) is 6.42 Å². The monoisotopic (exact) mass is 360 g/mol. The summed E-state index contributed by atoms with van der Waals surface area (Å²) in [7, 11) is 0. The van der Waals surface area contributed by atoms with Gasteiger partial charge in [-0.1, -0.05) is 0 Å². The number of pyridine rings is 1. The third-order valence-electron chi connectivity index (χ3n) is 4.96. The molecule has 0 unspecified atom stereocenters. The fourth-order valence-electron chi connectivity index (χ4n) is 3.35. The van der Waals surface area contributed by atoms with Crippen molar-refractivity contribution in [2.75, 3.05) is 52.4 Å². The topological polar surface area (TPSA) is 66.0 Å². The number of esters is 1. The van der Waals surface area contributed by atoms with E-state index in [0.29, 0.717) is 25.3 Å². The molecule has 2 saturated heterocycles. The van der Waals surface area contributed by atoms with E-state index in [1.54, 1.807) is 25.3 Å². The summed E-state index contributed by atoms with van der Waals surface area (Å²) in [6.07, 6.45) is 3.86. The van der Waals surface area contributed by atoms with E-state index >= 15 is 0 Å². The van der Waals surface area contributed by atoms with Crippen LogP contribution in [0.15, 0.2) is 18.3 Å². The molecule has 0 N–H and O–H groups in total. The van der Waals surface area contributed by atoms with Crippen LogP contribution in [0.25, 0.3) is 0 Å². The van der Waals surface area contributed by atoms with E-state index in [4.69, 9.17) is 4.74 Å². The Hall–Kier alpha value is -1.99. The zero-order chi connectivity index (χ0) is 18.4. The summed E-state index contributed by atoms with van der Waals surface area (Å²) in [4.78, 5) is 35.3. The normalized spacial score (nSPS) is 19.1. The van der Waals surface area contributed by atoms with Gasteiger partial charge in [-0.05, 0) is 45.0 Å². The fourth-order valence-corrected chi connectivity index (χ4v) is 3.35. The molecule has 26 heavy (non-hydrogen) atoms. The standard InChI is InChI=1S/C19H28N4O3/c1-2-26-19(25)16-5-6-20-17(13-16)14-22-9-4-10-23(18(24)15-22)12-11-21-7-3-8-21/h5-6,13H,2-4,7-12,14-15H2,1H3. The number of hydrogen-bond acceptors (Lipinski definition) is 6. The summed E-state index contributed by atoms with van der Waals surface area (Å²) >= 11 is 0. The number of amides is 1. The summed E-state index contributed by atoms with van der Waals surface area (Å²) in [5.74, 6) is -0.148. The van der Waals surface area contributed by atoms with Gasteiger partial charge in [0.15, 0.2) is 0 Å². The van der Waals surface area contributed by atoms with Gasteiger partial charge >= 0.3 is 5.97 Å². The quantitative estimate of drug-likeness (QED) is 0.676. The van der Waals surface area contributed by atoms with E-state index in [1.807, 2.05) is 4.90 Å². The average Bonchev–Trinajstić information content (AvgIpc) is 2.75. The molecule has 142 valence electrons. The van der Waals surface area contributed by atoms with Crippen LogP contribution in [0.5, 0.6) is 0 Å². The lowest BCUT2D eigenvalue weighted by atomic mass is 10.2.